The molecular formula is C18H23NO2. The van der Waals surface area contributed by atoms with Crippen molar-refractivity contribution < 1.29 is 9.90 Å². The lowest BCUT2D eigenvalue weighted by molar-refractivity contribution is 0.0683. The van der Waals surface area contributed by atoms with E-state index < -0.39 is 5.97 Å². The van der Waals surface area contributed by atoms with Crippen LogP contribution in [0, 0.1) is 0 Å². The summed E-state index contributed by atoms with van der Waals surface area (Å²) in [4.78, 5) is 11.4. The van der Waals surface area contributed by atoms with Gasteiger partial charge < -0.3 is 9.67 Å². The number of benzene rings is 1. The fraction of sp³-hybridized carbons (Fsp3) is 0.389. The number of aromatic nitrogens is 1. The summed E-state index contributed by atoms with van der Waals surface area (Å²) in [5.41, 5.74) is 3.64. The van der Waals surface area contributed by atoms with Gasteiger partial charge in [0, 0.05) is 17.3 Å². The molecule has 1 aromatic heterocycles. The van der Waals surface area contributed by atoms with Gasteiger partial charge >= 0.3 is 5.97 Å². The summed E-state index contributed by atoms with van der Waals surface area (Å²) in [6, 6.07) is 11.9. The summed E-state index contributed by atoms with van der Waals surface area (Å²) in [6.45, 7) is 10.5. The van der Waals surface area contributed by atoms with Gasteiger partial charge in [-0.1, -0.05) is 45.0 Å². The van der Waals surface area contributed by atoms with Gasteiger partial charge in [0.2, 0.25) is 0 Å². The van der Waals surface area contributed by atoms with E-state index in [2.05, 4.69) is 32.9 Å². The van der Waals surface area contributed by atoms with Crippen molar-refractivity contribution in [3.05, 3.63) is 47.7 Å². The van der Waals surface area contributed by atoms with E-state index in [1.165, 1.54) is 5.56 Å². The predicted molar refractivity (Wildman–Crippen MR) is 85.9 cm³/mol. The van der Waals surface area contributed by atoms with Crippen molar-refractivity contribution >= 4 is 5.97 Å². The number of nitrogens with zero attached hydrogens (tertiary/aromatic N) is 1. The third-order valence-electron chi connectivity index (χ3n) is 3.66. The molecule has 0 aliphatic heterocycles. The van der Waals surface area contributed by atoms with Crippen molar-refractivity contribution in [2.45, 2.75) is 46.1 Å². The highest BCUT2D eigenvalue weighted by molar-refractivity contribution is 5.88. The highest BCUT2D eigenvalue weighted by Crippen LogP contribution is 2.35. The molecule has 2 rings (SSSR count). The van der Waals surface area contributed by atoms with Crippen LogP contribution >= 0.6 is 0 Å². The molecule has 0 radical (unpaired) electrons. The molecule has 3 heteroatoms. The van der Waals surface area contributed by atoms with Gasteiger partial charge in [-0.3, -0.25) is 0 Å². The number of carboxylic acid groups (broad SMARTS) is 1. The van der Waals surface area contributed by atoms with E-state index in [0.717, 1.165) is 11.3 Å². The second kappa shape index (κ2) is 5.40. The summed E-state index contributed by atoms with van der Waals surface area (Å²) < 4.78 is 1.90. The summed E-state index contributed by atoms with van der Waals surface area (Å²) in [5.74, 6) is -0.886. The predicted octanol–water partition coefficient (Wildman–Crippen LogP) is 4.73. The zero-order chi connectivity index (χ0) is 15.8. The van der Waals surface area contributed by atoms with Crippen molar-refractivity contribution in [1.29, 1.82) is 0 Å². The van der Waals surface area contributed by atoms with Gasteiger partial charge in [-0.15, -0.1) is 0 Å². The number of hydrogen-bond acceptors (Lipinski definition) is 1. The molecule has 0 atom stereocenters. The van der Waals surface area contributed by atoms with Crippen LogP contribution in [0.2, 0.25) is 0 Å². The molecule has 0 bridgehead atoms. The van der Waals surface area contributed by atoms with Crippen LogP contribution in [0.15, 0.2) is 36.4 Å². The number of hydrogen-bond donors (Lipinski definition) is 1. The molecule has 0 saturated carbocycles. The molecule has 0 unspecified atom stereocenters. The Balaban J connectivity index is 2.72. The third-order valence-corrected chi connectivity index (χ3v) is 3.66. The topological polar surface area (TPSA) is 42.2 Å². The Labute approximate surface area is 126 Å². The van der Waals surface area contributed by atoms with Gasteiger partial charge in [-0.2, -0.15) is 0 Å². The zero-order valence-electron chi connectivity index (χ0n) is 13.3. The molecular weight excluding hydrogens is 262 g/mol. The minimum absolute atomic E-state index is 0.00601. The Morgan fingerprint density at radius 2 is 1.71 bits per heavy atom. The lowest BCUT2D eigenvalue weighted by Crippen LogP contribution is -2.15. The Morgan fingerprint density at radius 1 is 1.10 bits per heavy atom. The SMILES string of the molecule is CC(C)n1c(C(=O)O)ccc1-c1ccccc1C(C)(C)C. The molecule has 1 heterocycles. The maximum atomic E-state index is 11.4. The minimum Gasteiger partial charge on any atom is -0.477 e. The van der Waals surface area contributed by atoms with E-state index in [9.17, 15) is 9.90 Å². The molecule has 0 spiro atoms. The second-order valence-corrected chi connectivity index (χ2v) is 6.67. The number of carboxylic acids is 1. The van der Waals surface area contributed by atoms with Crippen LogP contribution in [0.5, 0.6) is 0 Å². The minimum atomic E-state index is -0.886. The Hall–Kier alpha value is -2.03. The standard InChI is InChI=1S/C18H23NO2/c1-12(2)19-15(10-11-16(19)17(20)21)13-8-6-7-9-14(13)18(3,4)5/h6-12H,1-5H3,(H,20,21). The fourth-order valence-corrected chi connectivity index (χ4v) is 2.76. The summed E-state index contributed by atoms with van der Waals surface area (Å²) in [5, 5.41) is 9.38. The average molecular weight is 285 g/mol. The Kier molecular flexibility index (Phi) is 3.95. The first-order valence-corrected chi connectivity index (χ1v) is 7.28. The van der Waals surface area contributed by atoms with E-state index in [-0.39, 0.29) is 11.5 Å². The summed E-state index contributed by atoms with van der Waals surface area (Å²) in [7, 11) is 0. The largest absolute Gasteiger partial charge is 0.477 e. The quantitative estimate of drug-likeness (QED) is 0.885. The van der Waals surface area contributed by atoms with Gasteiger partial charge in [0.25, 0.3) is 0 Å². The van der Waals surface area contributed by atoms with Crippen molar-refractivity contribution in [3.63, 3.8) is 0 Å². The number of aromatic carboxylic acids is 1. The fourth-order valence-electron chi connectivity index (χ4n) is 2.76. The van der Waals surface area contributed by atoms with Gasteiger partial charge in [-0.25, -0.2) is 4.79 Å². The summed E-state index contributed by atoms with van der Waals surface area (Å²) in [6.07, 6.45) is 0. The van der Waals surface area contributed by atoms with Crippen molar-refractivity contribution in [2.75, 3.05) is 0 Å². The van der Waals surface area contributed by atoms with Crippen LogP contribution < -0.4 is 0 Å². The molecule has 1 aromatic carbocycles. The third kappa shape index (κ3) is 2.87. The maximum absolute atomic E-state index is 11.4. The lowest BCUT2D eigenvalue weighted by atomic mass is 9.83. The van der Waals surface area contributed by atoms with Crippen molar-refractivity contribution in [1.82, 2.24) is 4.57 Å². The van der Waals surface area contributed by atoms with Crippen LogP contribution in [0.25, 0.3) is 11.3 Å². The highest BCUT2D eigenvalue weighted by Gasteiger charge is 2.23. The van der Waals surface area contributed by atoms with E-state index in [1.54, 1.807) is 6.07 Å². The summed E-state index contributed by atoms with van der Waals surface area (Å²) >= 11 is 0. The molecule has 112 valence electrons. The van der Waals surface area contributed by atoms with E-state index in [0.29, 0.717) is 5.69 Å². The van der Waals surface area contributed by atoms with Gasteiger partial charge in [-0.05, 0) is 37.0 Å². The molecule has 3 nitrogen and oxygen atoms in total. The van der Waals surface area contributed by atoms with Gasteiger partial charge in [0.05, 0.1) is 0 Å². The van der Waals surface area contributed by atoms with Crippen molar-refractivity contribution in [2.24, 2.45) is 0 Å². The van der Waals surface area contributed by atoms with Crippen LogP contribution in [0.1, 0.15) is 56.7 Å². The first-order chi connectivity index (χ1) is 9.73. The Morgan fingerprint density at radius 3 is 2.24 bits per heavy atom. The second-order valence-electron chi connectivity index (χ2n) is 6.67. The molecule has 0 aliphatic rings. The molecule has 0 amide bonds. The van der Waals surface area contributed by atoms with Crippen LogP contribution in [0.3, 0.4) is 0 Å². The molecule has 0 fully saturated rings. The smallest absolute Gasteiger partial charge is 0.352 e. The molecule has 0 aliphatic carbocycles. The normalized spacial score (nSPS) is 11.9. The first-order valence-electron chi connectivity index (χ1n) is 7.28. The number of carbonyl (C=O) groups is 1. The van der Waals surface area contributed by atoms with Crippen molar-refractivity contribution in [3.8, 4) is 11.3 Å². The van der Waals surface area contributed by atoms with Crippen LogP contribution in [-0.4, -0.2) is 15.6 Å². The van der Waals surface area contributed by atoms with E-state index in [1.807, 2.05) is 36.6 Å². The molecule has 0 saturated heterocycles. The van der Waals surface area contributed by atoms with E-state index >= 15 is 0 Å². The number of rotatable bonds is 3. The van der Waals surface area contributed by atoms with Crippen LogP contribution in [-0.2, 0) is 5.41 Å². The Bertz CT molecular complexity index is 660. The molecule has 1 N–H and O–H groups in total. The van der Waals surface area contributed by atoms with Gasteiger partial charge in [0.15, 0.2) is 0 Å². The monoisotopic (exact) mass is 285 g/mol. The zero-order valence-corrected chi connectivity index (χ0v) is 13.3. The maximum Gasteiger partial charge on any atom is 0.352 e. The molecule has 21 heavy (non-hydrogen) atoms. The van der Waals surface area contributed by atoms with Crippen LogP contribution in [0.4, 0.5) is 0 Å². The van der Waals surface area contributed by atoms with Gasteiger partial charge in [0.1, 0.15) is 5.69 Å². The lowest BCUT2D eigenvalue weighted by Gasteiger charge is -2.24. The first kappa shape index (κ1) is 15.4. The molecule has 2 aromatic rings. The average Bonchev–Trinajstić information content (AvgIpc) is 2.82. The van der Waals surface area contributed by atoms with E-state index in [4.69, 9.17) is 0 Å². The highest BCUT2D eigenvalue weighted by atomic mass is 16.4.